The third kappa shape index (κ3) is 5.41. The van der Waals surface area contributed by atoms with Gasteiger partial charge in [-0.15, -0.1) is 0 Å². The zero-order valence-electron chi connectivity index (χ0n) is 17.8. The molecule has 3 aromatic rings. The smallest absolute Gasteiger partial charge is 0.308 e. The Morgan fingerprint density at radius 1 is 1.03 bits per heavy atom. The van der Waals surface area contributed by atoms with Gasteiger partial charge in [0.05, 0.1) is 11.9 Å². The molecule has 1 unspecified atom stereocenters. The molecule has 0 bridgehead atoms. The van der Waals surface area contributed by atoms with Gasteiger partial charge in [-0.25, -0.2) is 0 Å². The van der Waals surface area contributed by atoms with Gasteiger partial charge in [-0.1, -0.05) is 30.3 Å². The second-order valence-electron chi connectivity index (χ2n) is 7.19. The number of H-pyrrole nitrogens is 1. The van der Waals surface area contributed by atoms with Crippen LogP contribution in [0.2, 0.25) is 0 Å². The average molecular weight is 467 g/mol. The molecule has 176 valence electrons. The number of aromatic nitrogens is 2. The van der Waals surface area contributed by atoms with Crippen LogP contribution in [0, 0.1) is 0 Å². The number of amides is 3. The maximum Gasteiger partial charge on any atom is 0.308 e. The van der Waals surface area contributed by atoms with Crippen LogP contribution >= 0.6 is 0 Å². The predicted octanol–water partition coefficient (Wildman–Crippen LogP) is 0.213. The lowest BCUT2D eigenvalue weighted by Gasteiger charge is -2.25. The summed E-state index contributed by atoms with van der Waals surface area (Å²) in [6.07, 6.45) is -1.10. The highest BCUT2D eigenvalue weighted by Crippen LogP contribution is 2.30. The highest BCUT2D eigenvalue weighted by atomic mass is 16.6. The number of hydrogen-bond acceptors (Lipinski definition) is 8. The third-order valence-corrected chi connectivity index (χ3v) is 4.79. The van der Waals surface area contributed by atoms with Crippen LogP contribution in [-0.4, -0.2) is 59.8 Å². The van der Waals surface area contributed by atoms with Crippen molar-refractivity contribution in [2.24, 2.45) is 0 Å². The van der Waals surface area contributed by atoms with Crippen LogP contribution in [0.15, 0.2) is 48.5 Å². The molecular formula is C22H21N5O7. The number of hydrazine groups is 1. The number of nitrogens with one attached hydrogen (secondary N) is 4. The van der Waals surface area contributed by atoms with E-state index in [1.807, 2.05) is 6.07 Å². The summed E-state index contributed by atoms with van der Waals surface area (Å²) >= 11 is 0. The van der Waals surface area contributed by atoms with Crippen molar-refractivity contribution in [2.45, 2.75) is 12.5 Å². The van der Waals surface area contributed by atoms with Gasteiger partial charge in [0.2, 0.25) is 6.10 Å². The first-order valence-corrected chi connectivity index (χ1v) is 10.4. The zero-order valence-corrected chi connectivity index (χ0v) is 17.8. The van der Waals surface area contributed by atoms with Gasteiger partial charge in [-0.05, 0) is 18.2 Å². The molecule has 4 N–H and O–H groups in total. The fourth-order valence-corrected chi connectivity index (χ4v) is 3.11. The summed E-state index contributed by atoms with van der Waals surface area (Å²) < 4.78 is 15.8. The third-order valence-electron chi connectivity index (χ3n) is 4.79. The van der Waals surface area contributed by atoms with Crippen molar-refractivity contribution in [1.29, 1.82) is 0 Å². The lowest BCUT2D eigenvalue weighted by atomic mass is 10.2. The number of nitrogens with zero attached hydrogens (tertiary/aromatic N) is 1. The van der Waals surface area contributed by atoms with Crippen molar-refractivity contribution in [3.8, 4) is 11.5 Å². The van der Waals surface area contributed by atoms with Crippen LogP contribution in [0.4, 0.5) is 0 Å². The van der Waals surface area contributed by atoms with Gasteiger partial charge in [0.25, 0.3) is 17.7 Å². The summed E-state index contributed by atoms with van der Waals surface area (Å²) in [5.74, 6) is -1.57. The lowest BCUT2D eigenvalue weighted by Crippen LogP contribution is -2.51. The molecule has 1 aromatic heterocycles. The summed E-state index contributed by atoms with van der Waals surface area (Å²) in [4.78, 5) is 48.1. The van der Waals surface area contributed by atoms with Gasteiger partial charge < -0.3 is 19.5 Å². The first-order valence-electron chi connectivity index (χ1n) is 10.4. The molecule has 4 rings (SSSR count). The maximum atomic E-state index is 12.2. The highest BCUT2D eigenvalue weighted by molar-refractivity contribution is 6.04. The fourth-order valence-electron chi connectivity index (χ4n) is 3.11. The number of aromatic amines is 1. The molecule has 1 aliphatic rings. The molecule has 12 heteroatoms. The summed E-state index contributed by atoms with van der Waals surface area (Å²) in [6.45, 7) is -0.632. The molecule has 2 aromatic carbocycles. The minimum Gasteiger partial charge on any atom is -0.485 e. The second kappa shape index (κ2) is 10.3. The van der Waals surface area contributed by atoms with E-state index in [2.05, 4.69) is 26.4 Å². The Labute approximate surface area is 192 Å². The SMILES string of the molecule is O=C(COC(=O)CCNC(=O)c1n[nH]c2ccccc12)NNC(=O)C1COc2ccccc2O1. The Kier molecular flexibility index (Phi) is 6.87. The zero-order chi connectivity index (χ0) is 23.9. The summed E-state index contributed by atoms with van der Waals surface area (Å²) in [5, 5.41) is 9.97. The van der Waals surface area contributed by atoms with E-state index < -0.39 is 36.4 Å². The number of para-hydroxylation sites is 3. The van der Waals surface area contributed by atoms with Crippen molar-refractivity contribution < 1.29 is 33.4 Å². The van der Waals surface area contributed by atoms with E-state index in [0.717, 1.165) is 5.52 Å². The van der Waals surface area contributed by atoms with E-state index in [1.165, 1.54) is 0 Å². The van der Waals surface area contributed by atoms with Crippen LogP contribution in [0.3, 0.4) is 0 Å². The molecule has 0 saturated carbocycles. The van der Waals surface area contributed by atoms with Gasteiger partial charge in [-0.3, -0.25) is 35.1 Å². The highest BCUT2D eigenvalue weighted by Gasteiger charge is 2.27. The van der Waals surface area contributed by atoms with Crippen LogP contribution in [0.5, 0.6) is 11.5 Å². The molecule has 0 radical (unpaired) electrons. The first-order chi connectivity index (χ1) is 16.5. The van der Waals surface area contributed by atoms with Crippen molar-refractivity contribution in [1.82, 2.24) is 26.4 Å². The molecule has 12 nitrogen and oxygen atoms in total. The molecule has 0 spiro atoms. The van der Waals surface area contributed by atoms with Gasteiger partial charge >= 0.3 is 5.97 Å². The van der Waals surface area contributed by atoms with Gasteiger partial charge in [0.15, 0.2) is 23.8 Å². The van der Waals surface area contributed by atoms with Crippen molar-refractivity contribution in [2.75, 3.05) is 19.8 Å². The Hall–Kier alpha value is -4.61. The molecule has 0 aliphatic carbocycles. The molecule has 1 atom stereocenters. The van der Waals surface area contributed by atoms with Crippen LogP contribution < -0.4 is 25.6 Å². The van der Waals surface area contributed by atoms with E-state index in [0.29, 0.717) is 16.9 Å². The average Bonchev–Trinajstić information content (AvgIpc) is 3.30. The Balaban J connectivity index is 1.12. The van der Waals surface area contributed by atoms with E-state index in [4.69, 9.17) is 14.2 Å². The molecule has 3 amide bonds. The molecule has 1 aliphatic heterocycles. The van der Waals surface area contributed by atoms with Gasteiger partial charge in [-0.2, -0.15) is 5.10 Å². The monoisotopic (exact) mass is 467 g/mol. The summed E-state index contributed by atoms with van der Waals surface area (Å²) in [7, 11) is 0. The number of fused-ring (bicyclic) bond motifs is 2. The normalized spacial score (nSPS) is 14.2. The van der Waals surface area contributed by atoms with Crippen molar-refractivity contribution in [3.63, 3.8) is 0 Å². The molecule has 0 fully saturated rings. The van der Waals surface area contributed by atoms with E-state index >= 15 is 0 Å². The molecule has 2 heterocycles. The van der Waals surface area contributed by atoms with Crippen LogP contribution in [0.25, 0.3) is 10.9 Å². The topological polar surface area (TPSA) is 161 Å². The predicted molar refractivity (Wildman–Crippen MR) is 117 cm³/mol. The minimum absolute atomic E-state index is 0.00228. The number of carbonyl (C=O) groups excluding carboxylic acids is 4. The van der Waals surface area contributed by atoms with E-state index in [1.54, 1.807) is 42.5 Å². The van der Waals surface area contributed by atoms with E-state index in [9.17, 15) is 19.2 Å². The standard InChI is InChI=1S/C22H21N5O7/c28-18(25-27-21(30)17-11-32-15-7-3-4-8-16(15)34-17)12-33-19(29)9-10-23-22(31)20-13-5-1-2-6-14(13)24-26-20/h1-8,17H,9-12H2,(H,23,31)(H,24,26)(H,25,28)(H,27,30). The van der Waals surface area contributed by atoms with Crippen LogP contribution in [0.1, 0.15) is 16.9 Å². The summed E-state index contributed by atoms with van der Waals surface area (Å²) in [6, 6.07) is 14.0. The quantitative estimate of drug-likeness (QED) is 0.283. The van der Waals surface area contributed by atoms with Crippen molar-refractivity contribution in [3.05, 3.63) is 54.2 Å². The Morgan fingerprint density at radius 2 is 1.79 bits per heavy atom. The Morgan fingerprint density at radius 3 is 2.65 bits per heavy atom. The van der Waals surface area contributed by atoms with Gasteiger partial charge in [0, 0.05) is 11.9 Å². The number of benzene rings is 2. The largest absolute Gasteiger partial charge is 0.485 e. The van der Waals surface area contributed by atoms with Crippen LogP contribution in [-0.2, 0) is 19.1 Å². The lowest BCUT2D eigenvalue weighted by molar-refractivity contribution is -0.149. The summed E-state index contributed by atoms with van der Waals surface area (Å²) in [5.41, 5.74) is 5.27. The fraction of sp³-hybridized carbons (Fsp3) is 0.227. The van der Waals surface area contributed by atoms with Crippen molar-refractivity contribution >= 4 is 34.6 Å². The maximum absolute atomic E-state index is 12.2. The first kappa shape index (κ1) is 22.6. The molecule has 0 saturated heterocycles. The number of carbonyl (C=O) groups is 4. The number of rotatable bonds is 7. The van der Waals surface area contributed by atoms with E-state index in [-0.39, 0.29) is 25.3 Å². The number of ether oxygens (including phenoxy) is 3. The number of esters is 1. The molecular weight excluding hydrogens is 446 g/mol. The minimum atomic E-state index is -0.951. The Bertz CT molecular complexity index is 1230. The second-order valence-corrected chi connectivity index (χ2v) is 7.19. The molecule has 34 heavy (non-hydrogen) atoms. The number of hydrogen-bond donors (Lipinski definition) is 4. The van der Waals surface area contributed by atoms with Gasteiger partial charge in [0.1, 0.15) is 6.61 Å².